The van der Waals surface area contributed by atoms with Crippen LogP contribution in [0.1, 0.15) is 19.8 Å². The number of para-hydroxylation sites is 2. The van der Waals surface area contributed by atoms with Gasteiger partial charge in [-0.3, -0.25) is 0 Å². The number of benzene rings is 1. The standard InChI is InChI=1S/C12H18N2O/c1-9(15)11-7-4-8-14(11)12-6-3-2-5-10(12)13/h2-3,5-6,9,11,15H,4,7-8,13H2,1H3/t9-,11-/m1/s1. The van der Waals surface area contributed by atoms with Crippen LogP contribution in [0.15, 0.2) is 24.3 Å². The van der Waals surface area contributed by atoms with Gasteiger partial charge in [-0.25, -0.2) is 0 Å². The van der Waals surface area contributed by atoms with Crippen molar-refractivity contribution in [2.45, 2.75) is 31.9 Å². The predicted molar refractivity (Wildman–Crippen MR) is 62.9 cm³/mol. The molecular weight excluding hydrogens is 188 g/mol. The number of hydrogen-bond acceptors (Lipinski definition) is 3. The van der Waals surface area contributed by atoms with Gasteiger partial charge in [0.15, 0.2) is 0 Å². The van der Waals surface area contributed by atoms with Gasteiger partial charge in [0, 0.05) is 6.54 Å². The molecule has 3 nitrogen and oxygen atoms in total. The van der Waals surface area contributed by atoms with Gasteiger partial charge < -0.3 is 15.7 Å². The van der Waals surface area contributed by atoms with Gasteiger partial charge in [0.05, 0.1) is 23.5 Å². The van der Waals surface area contributed by atoms with Crippen LogP contribution in [0.25, 0.3) is 0 Å². The fourth-order valence-corrected chi connectivity index (χ4v) is 2.34. The third-order valence-corrected chi connectivity index (χ3v) is 3.10. The number of aliphatic hydroxyl groups excluding tert-OH is 1. The lowest BCUT2D eigenvalue weighted by atomic mass is 10.1. The van der Waals surface area contributed by atoms with Crippen molar-refractivity contribution in [3.05, 3.63) is 24.3 Å². The van der Waals surface area contributed by atoms with E-state index < -0.39 is 0 Å². The van der Waals surface area contributed by atoms with E-state index in [2.05, 4.69) is 4.90 Å². The topological polar surface area (TPSA) is 49.5 Å². The molecule has 15 heavy (non-hydrogen) atoms. The Hall–Kier alpha value is -1.22. The summed E-state index contributed by atoms with van der Waals surface area (Å²) in [7, 11) is 0. The van der Waals surface area contributed by atoms with E-state index in [4.69, 9.17) is 5.73 Å². The van der Waals surface area contributed by atoms with E-state index in [1.54, 1.807) is 0 Å². The summed E-state index contributed by atoms with van der Waals surface area (Å²) in [6, 6.07) is 8.08. The smallest absolute Gasteiger partial charge is 0.0715 e. The molecule has 0 saturated carbocycles. The lowest BCUT2D eigenvalue weighted by Crippen LogP contribution is -2.37. The quantitative estimate of drug-likeness (QED) is 0.723. The minimum absolute atomic E-state index is 0.217. The molecule has 1 aromatic carbocycles. The molecule has 0 bridgehead atoms. The minimum atomic E-state index is -0.299. The maximum atomic E-state index is 9.69. The van der Waals surface area contributed by atoms with Crippen LogP contribution in [0.5, 0.6) is 0 Å². The van der Waals surface area contributed by atoms with Crippen LogP contribution >= 0.6 is 0 Å². The average Bonchev–Trinajstić information content (AvgIpc) is 2.67. The van der Waals surface area contributed by atoms with E-state index in [1.165, 1.54) is 0 Å². The van der Waals surface area contributed by atoms with Gasteiger partial charge in [0.2, 0.25) is 0 Å². The fourth-order valence-electron chi connectivity index (χ4n) is 2.34. The van der Waals surface area contributed by atoms with Crippen LogP contribution < -0.4 is 10.6 Å². The van der Waals surface area contributed by atoms with Gasteiger partial charge in [0.1, 0.15) is 0 Å². The van der Waals surface area contributed by atoms with Crippen LogP contribution in [-0.2, 0) is 0 Å². The molecule has 1 aliphatic heterocycles. The Bertz CT molecular complexity index is 338. The molecule has 0 aromatic heterocycles. The molecule has 2 atom stereocenters. The first-order valence-corrected chi connectivity index (χ1v) is 5.49. The number of aliphatic hydroxyl groups is 1. The molecule has 1 aliphatic rings. The summed E-state index contributed by atoms with van der Waals surface area (Å²) in [6.45, 7) is 2.84. The van der Waals surface area contributed by atoms with E-state index in [1.807, 2.05) is 31.2 Å². The van der Waals surface area contributed by atoms with Gasteiger partial charge in [-0.2, -0.15) is 0 Å². The lowest BCUT2D eigenvalue weighted by molar-refractivity contribution is 0.164. The first-order chi connectivity index (χ1) is 7.20. The molecule has 0 unspecified atom stereocenters. The summed E-state index contributed by atoms with van der Waals surface area (Å²) < 4.78 is 0. The van der Waals surface area contributed by atoms with Crippen molar-refractivity contribution in [2.75, 3.05) is 17.2 Å². The lowest BCUT2D eigenvalue weighted by Gasteiger charge is -2.29. The van der Waals surface area contributed by atoms with Crippen LogP contribution in [-0.4, -0.2) is 23.8 Å². The number of hydrogen-bond donors (Lipinski definition) is 2. The fraction of sp³-hybridized carbons (Fsp3) is 0.500. The Morgan fingerprint density at radius 3 is 2.87 bits per heavy atom. The van der Waals surface area contributed by atoms with Crippen molar-refractivity contribution >= 4 is 11.4 Å². The van der Waals surface area contributed by atoms with Gasteiger partial charge in [0.25, 0.3) is 0 Å². The molecule has 2 rings (SSSR count). The normalized spacial score (nSPS) is 23.1. The third kappa shape index (κ3) is 1.92. The predicted octanol–water partition coefficient (Wildman–Crippen LogP) is 1.62. The van der Waals surface area contributed by atoms with Crippen molar-refractivity contribution in [2.24, 2.45) is 0 Å². The van der Waals surface area contributed by atoms with Crippen molar-refractivity contribution in [3.63, 3.8) is 0 Å². The van der Waals surface area contributed by atoms with Crippen LogP contribution in [0, 0.1) is 0 Å². The van der Waals surface area contributed by atoms with Crippen molar-refractivity contribution in [1.82, 2.24) is 0 Å². The number of nitrogens with two attached hydrogens (primary N) is 1. The molecular formula is C12H18N2O. The Morgan fingerprint density at radius 1 is 1.47 bits per heavy atom. The minimum Gasteiger partial charge on any atom is -0.397 e. The van der Waals surface area contributed by atoms with Crippen molar-refractivity contribution in [1.29, 1.82) is 0 Å². The monoisotopic (exact) mass is 206 g/mol. The van der Waals surface area contributed by atoms with E-state index >= 15 is 0 Å². The SMILES string of the molecule is C[C@@H](O)[C@H]1CCCN1c1ccccc1N. The number of nitrogens with zero attached hydrogens (tertiary/aromatic N) is 1. The second-order valence-electron chi connectivity index (χ2n) is 4.20. The Kier molecular flexibility index (Phi) is 2.82. The van der Waals surface area contributed by atoms with E-state index in [-0.39, 0.29) is 12.1 Å². The zero-order valence-corrected chi connectivity index (χ0v) is 9.06. The molecule has 3 N–H and O–H groups in total. The van der Waals surface area contributed by atoms with E-state index in [9.17, 15) is 5.11 Å². The molecule has 1 aromatic rings. The van der Waals surface area contributed by atoms with E-state index in [0.29, 0.717) is 0 Å². The molecule has 1 fully saturated rings. The van der Waals surface area contributed by atoms with Gasteiger partial charge in [-0.1, -0.05) is 12.1 Å². The number of anilines is 2. The maximum absolute atomic E-state index is 9.69. The van der Waals surface area contributed by atoms with Gasteiger partial charge >= 0.3 is 0 Å². The number of nitrogen functional groups attached to an aromatic ring is 1. The largest absolute Gasteiger partial charge is 0.397 e. The summed E-state index contributed by atoms with van der Waals surface area (Å²) >= 11 is 0. The highest BCUT2D eigenvalue weighted by Crippen LogP contribution is 2.31. The second kappa shape index (κ2) is 4.11. The Morgan fingerprint density at radius 2 is 2.20 bits per heavy atom. The molecule has 0 aliphatic carbocycles. The summed E-state index contributed by atoms with van der Waals surface area (Å²) in [5, 5.41) is 9.69. The zero-order chi connectivity index (χ0) is 10.8. The highest BCUT2D eigenvalue weighted by Gasteiger charge is 2.29. The molecule has 3 heteroatoms. The Labute approximate surface area is 90.5 Å². The van der Waals surface area contributed by atoms with Gasteiger partial charge in [-0.15, -0.1) is 0 Å². The maximum Gasteiger partial charge on any atom is 0.0715 e. The highest BCUT2D eigenvalue weighted by molar-refractivity contribution is 5.68. The summed E-state index contributed by atoms with van der Waals surface area (Å²) in [5.41, 5.74) is 7.79. The summed E-state index contributed by atoms with van der Waals surface area (Å²) in [6.07, 6.45) is 1.88. The second-order valence-corrected chi connectivity index (χ2v) is 4.20. The molecule has 0 spiro atoms. The molecule has 1 saturated heterocycles. The van der Waals surface area contributed by atoms with Crippen LogP contribution in [0.4, 0.5) is 11.4 Å². The average molecular weight is 206 g/mol. The van der Waals surface area contributed by atoms with Crippen molar-refractivity contribution < 1.29 is 5.11 Å². The van der Waals surface area contributed by atoms with Gasteiger partial charge in [-0.05, 0) is 31.9 Å². The highest BCUT2D eigenvalue weighted by atomic mass is 16.3. The first-order valence-electron chi connectivity index (χ1n) is 5.49. The summed E-state index contributed by atoms with van der Waals surface area (Å²) in [5.74, 6) is 0. The van der Waals surface area contributed by atoms with E-state index in [0.717, 1.165) is 30.8 Å². The number of rotatable bonds is 2. The molecule has 1 heterocycles. The van der Waals surface area contributed by atoms with Crippen LogP contribution in [0.2, 0.25) is 0 Å². The molecule has 0 amide bonds. The molecule has 82 valence electrons. The first kappa shape index (κ1) is 10.3. The third-order valence-electron chi connectivity index (χ3n) is 3.10. The zero-order valence-electron chi connectivity index (χ0n) is 9.06. The summed E-state index contributed by atoms with van der Waals surface area (Å²) in [4.78, 5) is 2.22. The Balaban J connectivity index is 2.27. The van der Waals surface area contributed by atoms with Crippen LogP contribution in [0.3, 0.4) is 0 Å². The molecule has 0 radical (unpaired) electrons. The van der Waals surface area contributed by atoms with Crippen molar-refractivity contribution in [3.8, 4) is 0 Å².